The van der Waals surface area contributed by atoms with E-state index in [0.717, 1.165) is 23.4 Å². The average Bonchev–Trinajstić information content (AvgIpc) is 3.22. The van der Waals surface area contributed by atoms with Gasteiger partial charge in [-0.2, -0.15) is 0 Å². The number of pyridine rings is 1. The Morgan fingerprint density at radius 1 is 1.26 bits per heavy atom. The monoisotopic (exact) mass is 309 g/mol. The van der Waals surface area contributed by atoms with Crippen LogP contribution in [-0.4, -0.2) is 27.5 Å². The number of furan rings is 1. The lowest BCUT2D eigenvalue weighted by molar-refractivity contribution is 0.0946. The van der Waals surface area contributed by atoms with Crippen LogP contribution < -0.4 is 5.32 Å². The van der Waals surface area contributed by atoms with Crippen molar-refractivity contribution in [3.63, 3.8) is 0 Å². The van der Waals surface area contributed by atoms with E-state index in [9.17, 15) is 4.79 Å². The number of nitrogens with zero attached hydrogens (tertiary/aromatic N) is 1. The molecule has 3 aromatic rings. The van der Waals surface area contributed by atoms with Crippen LogP contribution in [0.3, 0.4) is 0 Å². The maximum absolute atomic E-state index is 11.9. The summed E-state index contributed by atoms with van der Waals surface area (Å²) in [6, 6.07) is 9.15. The zero-order valence-corrected chi connectivity index (χ0v) is 12.3. The van der Waals surface area contributed by atoms with E-state index < -0.39 is 0 Å². The van der Waals surface area contributed by atoms with E-state index in [1.165, 1.54) is 0 Å². The van der Waals surface area contributed by atoms with Crippen LogP contribution in [0.2, 0.25) is 0 Å². The van der Waals surface area contributed by atoms with Gasteiger partial charge in [-0.05, 0) is 30.3 Å². The molecule has 23 heavy (non-hydrogen) atoms. The van der Waals surface area contributed by atoms with Gasteiger partial charge in [-0.15, -0.1) is 0 Å². The number of amides is 1. The van der Waals surface area contributed by atoms with Crippen molar-refractivity contribution in [2.75, 3.05) is 6.54 Å². The van der Waals surface area contributed by atoms with E-state index in [2.05, 4.69) is 15.3 Å². The molecule has 0 spiro atoms. The Morgan fingerprint density at radius 2 is 2.17 bits per heavy atom. The molecule has 0 atom stereocenters. The van der Waals surface area contributed by atoms with Gasteiger partial charge in [-0.1, -0.05) is 0 Å². The third-order valence-corrected chi connectivity index (χ3v) is 3.95. The molecule has 0 aromatic carbocycles. The molecule has 1 amide bonds. The summed E-state index contributed by atoms with van der Waals surface area (Å²) in [5.41, 5.74) is 4.15. The second-order valence-electron chi connectivity index (χ2n) is 5.43. The minimum absolute atomic E-state index is 0.0401. The summed E-state index contributed by atoms with van der Waals surface area (Å²) in [5, 5.41) is 11.9. The van der Waals surface area contributed by atoms with E-state index in [4.69, 9.17) is 9.52 Å². The minimum Gasteiger partial charge on any atom is -0.457 e. The van der Waals surface area contributed by atoms with Crippen molar-refractivity contribution in [1.29, 1.82) is 0 Å². The van der Waals surface area contributed by atoms with E-state index in [1.54, 1.807) is 18.3 Å². The number of aromatic amines is 1. The van der Waals surface area contributed by atoms with Crippen molar-refractivity contribution in [2.24, 2.45) is 0 Å². The molecule has 0 bridgehead atoms. The van der Waals surface area contributed by atoms with Crippen molar-refractivity contribution < 1.29 is 14.3 Å². The van der Waals surface area contributed by atoms with Gasteiger partial charge in [0.05, 0.1) is 5.56 Å². The number of nitrogens with one attached hydrogen (secondary N) is 2. The number of hydrogen-bond donors (Lipinski definition) is 3. The zero-order valence-electron chi connectivity index (χ0n) is 12.3. The van der Waals surface area contributed by atoms with E-state index in [-0.39, 0.29) is 12.5 Å². The first kappa shape index (κ1) is 13.8. The Balaban J connectivity index is 1.73. The van der Waals surface area contributed by atoms with E-state index >= 15 is 0 Å². The molecule has 4 heterocycles. The van der Waals surface area contributed by atoms with Crippen LogP contribution in [0.25, 0.3) is 22.7 Å². The molecule has 0 radical (unpaired) electrons. The molecule has 3 aromatic heterocycles. The lowest BCUT2D eigenvalue weighted by Crippen LogP contribution is -2.31. The fourth-order valence-electron chi connectivity index (χ4n) is 2.78. The highest BCUT2D eigenvalue weighted by Crippen LogP contribution is 2.27. The number of carbonyl (C=O) groups is 1. The highest BCUT2D eigenvalue weighted by Gasteiger charge is 2.20. The molecule has 0 aliphatic carbocycles. The van der Waals surface area contributed by atoms with Crippen molar-refractivity contribution >= 4 is 5.91 Å². The van der Waals surface area contributed by atoms with Crippen LogP contribution in [-0.2, 0) is 13.0 Å². The summed E-state index contributed by atoms with van der Waals surface area (Å²) in [6.07, 6.45) is 2.50. The smallest absolute Gasteiger partial charge is 0.253 e. The number of carbonyl (C=O) groups excluding carboxylic acids is 1. The first-order valence-corrected chi connectivity index (χ1v) is 7.41. The number of rotatable bonds is 3. The van der Waals surface area contributed by atoms with E-state index in [0.29, 0.717) is 29.3 Å². The van der Waals surface area contributed by atoms with Crippen molar-refractivity contribution in [3.8, 4) is 22.7 Å². The number of aliphatic hydroxyl groups excluding tert-OH is 1. The highest BCUT2D eigenvalue weighted by molar-refractivity contribution is 5.97. The maximum Gasteiger partial charge on any atom is 0.253 e. The summed E-state index contributed by atoms with van der Waals surface area (Å²) in [4.78, 5) is 19.5. The van der Waals surface area contributed by atoms with Crippen LogP contribution >= 0.6 is 0 Å². The van der Waals surface area contributed by atoms with Gasteiger partial charge in [-0.25, -0.2) is 0 Å². The van der Waals surface area contributed by atoms with Crippen LogP contribution in [0.4, 0.5) is 0 Å². The van der Waals surface area contributed by atoms with Crippen LogP contribution in [0, 0.1) is 0 Å². The van der Waals surface area contributed by atoms with Crippen LogP contribution in [0.15, 0.2) is 40.9 Å². The summed E-state index contributed by atoms with van der Waals surface area (Å²) in [6.45, 7) is 0.516. The van der Waals surface area contributed by atoms with Gasteiger partial charge in [0.1, 0.15) is 18.1 Å². The molecular formula is C17H15N3O3. The number of fused-ring (bicyclic) bond motifs is 1. The van der Waals surface area contributed by atoms with Gasteiger partial charge in [0.15, 0.2) is 5.76 Å². The molecular weight excluding hydrogens is 294 g/mol. The van der Waals surface area contributed by atoms with Gasteiger partial charge < -0.3 is 19.8 Å². The summed E-state index contributed by atoms with van der Waals surface area (Å²) >= 11 is 0. The fraction of sp³-hybridized carbons (Fsp3) is 0.176. The van der Waals surface area contributed by atoms with Crippen molar-refractivity contribution in [2.45, 2.75) is 13.0 Å². The Morgan fingerprint density at radius 3 is 2.96 bits per heavy atom. The Bertz CT molecular complexity index is 879. The first-order valence-electron chi connectivity index (χ1n) is 7.41. The van der Waals surface area contributed by atoms with Crippen LogP contribution in [0.1, 0.15) is 21.8 Å². The quantitative estimate of drug-likeness (QED) is 0.691. The average molecular weight is 309 g/mol. The number of hydrogen-bond acceptors (Lipinski definition) is 4. The fourth-order valence-corrected chi connectivity index (χ4v) is 2.78. The molecule has 3 N–H and O–H groups in total. The van der Waals surface area contributed by atoms with Gasteiger partial charge in [-0.3, -0.25) is 9.78 Å². The zero-order chi connectivity index (χ0) is 15.8. The number of aromatic nitrogens is 2. The first-order chi connectivity index (χ1) is 11.2. The summed E-state index contributed by atoms with van der Waals surface area (Å²) in [7, 11) is 0. The SMILES string of the molecule is O=C1NCCc2[nH]c(-c3ccnc(-c4ccc(CO)o4)c3)cc21. The van der Waals surface area contributed by atoms with Crippen molar-refractivity contribution in [3.05, 3.63) is 53.5 Å². The third kappa shape index (κ3) is 2.43. The number of aliphatic hydroxyl groups is 1. The largest absolute Gasteiger partial charge is 0.457 e. The van der Waals surface area contributed by atoms with Gasteiger partial charge >= 0.3 is 0 Å². The topological polar surface area (TPSA) is 91.2 Å². The van der Waals surface area contributed by atoms with Crippen molar-refractivity contribution in [1.82, 2.24) is 15.3 Å². The summed E-state index contributed by atoms with van der Waals surface area (Å²) < 4.78 is 5.52. The Kier molecular flexibility index (Phi) is 3.24. The second kappa shape index (κ2) is 5.40. The molecule has 0 saturated carbocycles. The Hall–Kier alpha value is -2.86. The lowest BCUT2D eigenvalue weighted by atomic mass is 10.1. The molecule has 1 aliphatic rings. The normalized spacial score (nSPS) is 13.7. The molecule has 0 fully saturated rings. The second-order valence-corrected chi connectivity index (χ2v) is 5.43. The molecule has 6 nitrogen and oxygen atoms in total. The predicted octanol–water partition coefficient (Wildman–Crippen LogP) is 2.11. The molecule has 1 aliphatic heterocycles. The van der Waals surface area contributed by atoms with Gasteiger partial charge in [0, 0.05) is 36.1 Å². The Labute approximate surface area is 132 Å². The minimum atomic E-state index is -0.141. The summed E-state index contributed by atoms with van der Waals surface area (Å²) in [5.74, 6) is 1.06. The van der Waals surface area contributed by atoms with Crippen LogP contribution in [0.5, 0.6) is 0 Å². The van der Waals surface area contributed by atoms with E-state index in [1.807, 2.05) is 18.2 Å². The maximum atomic E-state index is 11.9. The molecule has 4 rings (SSSR count). The van der Waals surface area contributed by atoms with Gasteiger partial charge in [0.25, 0.3) is 5.91 Å². The molecule has 6 heteroatoms. The van der Waals surface area contributed by atoms with Gasteiger partial charge in [0.2, 0.25) is 0 Å². The molecule has 0 saturated heterocycles. The lowest BCUT2D eigenvalue weighted by Gasteiger charge is -2.10. The molecule has 0 unspecified atom stereocenters. The predicted molar refractivity (Wildman–Crippen MR) is 83.7 cm³/mol. The highest BCUT2D eigenvalue weighted by atomic mass is 16.4. The standard InChI is InChI=1S/C17H15N3O3/c21-9-11-1-2-16(23-11)15-7-10(3-5-18-15)14-8-12-13(20-14)4-6-19-17(12)22/h1-3,5,7-8,20-21H,4,6,9H2,(H,19,22). The number of H-pyrrole nitrogens is 1. The third-order valence-electron chi connectivity index (χ3n) is 3.95. The molecule has 116 valence electrons.